The van der Waals surface area contributed by atoms with Gasteiger partial charge in [-0.1, -0.05) is 19.0 Å². The summed E-state index contributed by atoms with van der Waals surface area (Å²) < 4.78 is 0. The highest BCUT2D eigenvalue weighted by Crippen LogP contribution is 2.30. The molecular formula is C12H25N3OS. The standard InChI is InChI=1S/C12H25N3OS/c1-3-17-10-4-7-15-8-5-12(2,6-9-15)11(13)14-16/h16H,3-10H2,1-2H3,(H2,13,14). The molecule has 0 bridgehead atoms. The molecule has 1 rings (SSSR count). The highest BCUT2D eigenvalue weighted by molar-refractivity contribution is 7.99. The minimum Gasteiger partial charge on any atom is -0.409 e. The summed E-state index contributed by atoms with van der Waals surface area (Å²) in [6.45, 7) is 7.59. The maximum Gasteiger partial charge on any atom is 0.145 e. The van der Waals surface area contributed by atoms with E-state index in [1.807, 2.05) is 11.8 Å². The number of nitrogens with two attached hydrogens (primary N) is 1. The molecule has 0 spiro atoms. The first-order valence-electron chi connectivity index (χ1n) is 6.40. The van der Waals surface area contributed by atoms with Crippen LogP contribution in [-0.2, 0) is 0 Å². The van der Waals surface area contributed by atoms with Gasteiger partial charge < -0.3 is 15.8 Å². The van der Waals surface area contributed by atoms with Gasteiger partial charge in [0, 0.05) is 5.41 Å². The van der Waals surface area contributed by atoms with Crippen LogP contribution in [0.3, 0.4) is 0 Å². The number of nitrogens with zero attached hydrogens (tertiary/aromatic N) is 2. The zero-order valence-electron chi connectivity index (χ0n) is 11.0. The zero-order valence-corrected chi connectivity index (χ0v) is 11.8. The van der Waals surface area contributed by atoms with Gasteiger partial charge in [0.05, 0.1) is 0 Å². The molecule has 17 heavy (non-hydrogen) atoms. The van der Waals surface area contributed by atoms with Crippen LogP contribution < -0.4 is 5.73 Å². The van der Waals surface area contributed by atoms with Crippen LogP contribution in [0.25, 0.3) is 0 Å². The van der Waals surface area contributed by atoms with Gasteiger partial charge in [0.1, 0.15) is 5.84 Å². The number of hydrogen-bond acceptors (Lipinski definition) is 4. The largest absolute Gasteiger partial charge is 0.409 e. The Bertz CT molecular complexity index is 250. The predicted molar refractivity (Wildman–Crippen MR) is 74.8 cm³/mol. The molecule has 0 aliphatic carbocycles. The van der Waals surface area contributed by atoms with E-state index in [1.165, 1.54) is 24.5 Å². The van der Waals surface area contributed by atoms with Gasteiger partial charge in [-0.3, -0.25) is 0 Å². The smallest absolute Gasteiger partial charge is 0.145 e. The average Bonchev–Trinajstić information content (AvgIpc) is 2.36. The van der Waals surface area contributed by atoms with Gasteiger partial charge in [0.25, 0.3) is 0 Å². The van der Waals surface area contributed by atoms with Crippen molar-refractivity contribution < 1.29 is 5.21 Å². The first-order chi connectivity index (χ1) is 8.12. The lowest BCUT2D eigenvalue weighted by molar-refractivity contribution is 0.160. The summed E-state index contributed by atoms with van der Waals surface area (Å²) in [6, 6.07) is 0. The van der Waals surface area contributed by atoms with E-state index in [-0.39, 0.29) is 5.41 Å². The van der Waals surface area contributed by atoms with Crippen LogP contribution in [0.4, 0.5) is 0 Å². The van der Waals surface area contributed by atoms with Crippen molar-refractivity contribution in [2.24, 2.45) is 16.3 Å². The minimum atomic E-state index is -0.108. The van der Waals surface area contributed by atoms with Gasteiger partial charge in [0.15, 0.2) is 0 Å². The molecule has 0 unspecified atom stereocenters. The first kappa shape index (κ1) is 14.6. The van der Waals surface area contributed by atoms with Crippen molar-refractivity contribution in [2.45, 2.75) is 33.1 Å². The molecule has 1 aliphatic rings. The van der Waals surface area contributed by atoms with E-state index in [0.29, 0.717) is 5.84 Å². The van der Waals surface area contributed by atoms with Gasteiger partial charge in [0.2, 0.25) is 0 Å². The Hall–Kier alpha value is -0.420. The Kier molecular flexibility index (Phi) is 6.12. The molecule has 0 aromatic heterocycles. The van der Waals surface area contributed by atoms with Gasteiger partial charge >= 0.3 is 0 Å². The quantitative estimate of drug-likeness (QED) is 0.252. The van der Waals surface area contributed by atoms with Crippen LogP contribution >= 0.6 is 11.8 Å². The highest BCUT2D eigenvalue weighted by Gasteiger charge is 2.33. The third kappa shape index (κ3) is 4.39. The number of oxime groups is 1. The van der Waals surface area contributed by atoms with Crippen molar-refractivity contribution in [3.8, 4) is 0 Å². The third-order valence-corrected chi connectivity index (χ3v) is 4.64. The van der Waals surface area contributed by atoms with Crippen molar-refractivity contribution in [1.29, 1.82) is 0 Å². The van der Waals surface area contributed by atoms with Crippen molar-refractivity contribution in [3.05, 3.63) is 0 Å². The number of thioether (sulfide) groups is 1. The molecule has 0 radical (unpaired) electrons. The summed E-state index contributed by atoms with van der Waals surface area (Å²) in [4.78, 5) is 2.49. The van der Waals surface area contributed by atoms with Crippen molar-refractivity contribution in [2.75, 3.05) is 31.1 Å². The second kappa shape index (κ2) is 7.11. The number of rotatable bonds is 6. The third-order valence-electron chi connectivity index (χ3n) is 3.65. The van der Waals surface area contributed by atoms with E-state index in [2.05, 4.69) is 23.9 Å². The van der Waals surface area contributed by atoms with Gasteiger partial charge in [-0.2, -0.15) is 11.8 Å². The Labute approximate surface area is 109 Å². The fourth-order valence-electron chi connectivity index (χ4n) is 2.18. The Morgan fingerprint density at radius 2 is 2.12 bits per heavy atom. The molecule has 3 N–H and O–H groups in total. The SMILES string of the molecule is CCSCCCN1CCC(C)(C(N)=NO)CC1. The Balaban J connectivity index is 2.26. The van der Waals surface area contributed by atoms with Crippen molar-refractivity contribution in [1.82, 2.24) is 4.90 Å². The predicted octanol–water partition coefficient (Wildman–Crippen LogP) is 1.98. The Morgan fingerprint density at radius 3 is 2.65 bits per heavy atom. The van der Waals surface area contributed by atoms with E-state index in [1.54, 1.807) is 0 Å². The normalized spacial score (nSPS) is 21.6. The molecule has 1 fully saturated rings. The number of piperidine rings is 1. The maximum atomic E-state index is 8.77. The first-order valence-corrected chi connectivity index (χ1v) is 7.56. The second-order valence-corrected chi connectivity index (χ2v) is 6.33. The van der Waals surface area contributed by atoms with Crippen molar-refractivity contribution >= 4 is 17.6 Å². The summed E-state index contributed by atoms with van der Waals surface area (Å²) in [5.41, 5.74) is 5.64. The maximum absolute atomic E-state index is 8.77. The lowest BCUT2D eigenvalue weighted by atomic mass is 9.79. The van der Waals surface area contributed by atoms with E-state index in [4.69, 9.17) is 10.9 Å². The number of hydrogen-bond donors (Lipinski definition) is 2. The molecule has 1 heterocycles. The number of likely N-dealkylation sites (tertiary alicyclic amines) is 1. The summed E-state index contributed by atoms with van der Waals surface area (Å²) in [5, 5.41) is 11.9. The van der Waals surface area contributed by atoms with E-state index >= 15 is 0 Å². The van der Waals surface area contributed by atoms with E-state index in [0.717, 1.165) is 25.9 Å². The van der Waals surface area contributed by atoms with Crippen molar-refractivity contribution in [3.63, 3.8) is 0 Å². The molecule has 5 heteroatoms. The lowest BCUT2D eigenvalue weighted by Crippen LogP contribution is -2.45. The summed E-state index contributed by atoms with van der Waals surface area (Å²) >= 11 is 2.01. The highest BCUT2D eigenvalue weighted by atomic mass is 32.2. The topological polar surface area (TPSA) is 61.8 Å². The fraction of sp³-hybridized carbons (Fsp3) is 0.917. The lowest BCUT2D eigenvalue weighted by Gasteiger charge is -2.38. The Morgan fingerprint density at radius 1 is 1.47 bits per heavy atom. The molecule has 0 aromatic rings. The van der Waals surface area contributed by atoms with Crippen LogP contribution in [0.1, 0.15) is 33.1 Å². The van der Waals surface area contributed by atoms with Crippen LogP contribution in [0.5, 0.6) is 0 Å². The van der Waals surface area contributed by atoms with Gasteiger partial charge in [-0.25, -0.2) is 0 Å². The van der Waals surface area contributed by atoms with Crippen LogP contribution in [0.15, 0.2) is 5.16 Å². The van der Waals surface area contributed by atoms with Crippen LogP contribution in [0.2, 0.25) is 0 Å². The van der Waals surface area contributed by atoms with Crippen LogP contribution in [0, 0.1) is 5.41 Å². The summed E-state index contributed by atoms with van der Waals surface area (Å²) in [5.74, 6) is 2.85. The monoisotopic (exact) mass is 259 g/mol. The molecule has 0 amide bonds. The minimum absolute atomic E-state index is 0.108. The molecule has 0 saturated carbocycles. The van der Waals surface area contributed by atoms with Gasteiger partial charge in [-0.15, -0.1) is 0 Å². The molecule has 4 nitrogen and oxygen atoms in total. The molecule has 0 aromatic carbocycles. The molecule has 1 aliphatic heterocycles. The summed E-state index contributed by atoms with van der Waals surface area (Å²) in [6.07, 6.45) is 3.24. The van der Waals surface area contributed by atoms with Crippen LogP contribution in [-0.4, -0.2) is 47.1 Å². The van der Waals surface area contributed by atoms with E-state index < -0.39 is 0 Å². The fourth-order valence-corrected chi connectivity index (χ4v) is 2.80. The summed E-state index contributed by atoms with van der Waals surface area (Å²) in [7, 11) is 0. The number of amidine groups is 1. The molecule has 0 atom stereocenters. The second-order valence-electron chi connectivity index (χ2n) is 4.94. The van der Waals surface area contributed by atoms with Gasteiger partial charge in [-0.05, 0) is 50.4 Å². The molecule has 1 saturated heterocycles. The molecular weight excluding hydrogens is 234 g/mol. The zero-order chi connectivity index (χ0) is 12.7. The molecule has 100 valence electrons. The van der Waals surface area contributed by atoms with E-state index in [9.17, 15) is 0 Å². The average molecular weight is 259 g/mol.